The fourth-order valence-corrected chi connectivity index (χ4v) is 4.84. The van der Waals surface area contributed by atoms with E-state index < -0.39 is 0 Å². The summed E-state index contributed by atoms with van der Waals surface area (Å²) in [5.41, 5.74) is 0.864. The number of hydrogen-bond donors (Lipinski definition) is 0. The highest BCUT2D eigenvalue weighted by Crippen LogP contribution is 2.63. The highest BCUT2D eigenvalue weighted by molar-refractivity contribution is 5.03. The van der Waals surface area contributed by atoms with Gasteiger partial charge in [0.05, 0.1) is 0 Å². The largest absolute Gasteiger partial charge is 0.0651 e. The highest BCUT2D eigenvalue weighted by atomic mass is 14.6. The van der Waals surface area contributed by atoms with Crippen LogP contribution in [0, 0.1) is 23.2 Å². The summed E-state index contributed by atoms with van der Waals surface area (Å²) in [7, 11) is 0. The quantitative estimate of drug-likeness (QED) is 0.622. The minimum Gasteiger partial charge on any atom is -0.0651 e. The van der Waals surface area contributed by atoms with E-state index in [1.165, 1.54) is 12.8 Å². The Morgan fingerprint density at radius 3 is 2.36 bits per heavy atom. The van der Waals surface area contributed by atoms with Crippen molar-refractivity contribution in [3.05, 3.63) is 0 Å². The maximum atomic E-state index is 2.44. The summed E-state index contributed by atoms with van der Waals surface area (Å²) >= 11 is 0. The van der Waals surface area contributed by atoms with Gasteiger partial charge < -0.3 is 0 Å². The van der Waals surface area contributed by atoms with Gasteiger partial charge in [0.1, 0.15) is 0 Å². The number of fused-ring (bicyclic) bond motifs is 2. The van der Waals surface area contributed by atoms with Gasteiger partial charge in [0.15, 0.2) is 0 Å². The van der Waals surface area contributed by atoms with E-state index in [0.717, 1.165) is 23.2 Å². The highest BCUT2D eigenvalue weighted by Gasteiger charge is 2.53. The van der Waals surface area contributed by atoms with Gasteiger partial charge in [-0.15, -0.1) is 0 Å². The fraction of sp³-hybridized carbons (Fsp3) is 1.00. The third-order valence-corrected chi connectivity index (χ3v) is 5.62. The van der Waals surface area contributed by atoms with Crippen molar-refractivity contribution in [2.75, 3.05) is 0 Å². The van der Waals surface area contributed by atoms with Gasteiger partial charge in [-0.1, -0.05) is 45.4 Å². The van der Waals surface area contributed by atoms with Crippen LogP contribution in [0.25, 0.3) is 0 Å². The molecule has 14 heavy (non-hydrogen) atoms. The van der Waals surface area contributed by atoms with Gasteiger partial charge in [-0.05, 0) is 42.4 Å². The molecule has 4 rings (SSSR count). The minimum atomic E-state index is 0.864. The van der Waals surface area contributed by atoms with Crippen molar-refractivity contribution in [2.45, 2.75) is 64.7 Å². The van der Waals surface area contributed by atoms with E-state index in [-0.39, 0.29) is 0 Å². The van der Waals surface area contributed by atoms with Crippen LogP contribution < -0.4 is 0 Å². The van der Waals surface area contributed by atoms with Crippen LogP contribution in [-0.2, 0) is 0 Å². The lowest BCUT2D eigenvalue weighted by atomic mass is 9.46. The first-order valence-electron chi connectivity index (χ1n) is 6.84. The molecule has 0 unspecified atom stereocenters. The van der Waals surface area contributed by atoms with E-state index in [0.29, 0.717) is 0 Å². The standard InChI is InChI=1S/C14H24/c1-2-13(12-6-3-7-12)14-8-4-5-11(9-14)10-14/h11-13H,2-10H2,1H3/t11?,13-,14?/m0/s1. The number of hydrogen-bond acceptors (Lipinski definition) is 0. The Balaban J connectivity index is 1.71. The van der Waals surface area contributed by atoms with Crippen molar-refractivity contribution in [1.29, 1.82) is 0 Å². The molecule has 0 heteroatoms. The monoisotopic (exact) mass is 192 g/mol. The van der Waals surface area contributed by atoms with Crippen LogP contribution >= 0.6 is 0 Å². The summed E-state index contributed by atoms with van der Waals surface area (Å²) in [5, 5.41) is 0. The van der Waals surface area contributed by atoms with Crippen LogP contribution in [0.3, 0.4) is 0 Å². The van der Waals surface area contributed by atoms with Crippen LogP contribution in [0.2, 0.25) is 0 Å². The molecule has 0 amide bonds. The van der Waals surface area contributed by atoms with Crippen LogP contribution in [-0.4, -0.2) is 0 Å². The molecule has 0 saturated heterocycles. The molecule has 0 heterocycles. The second-order valence-electron chi connectivity index (χ2n) is 6.23. The summed E-state index contributed by atoms with van der Waals surface area (Å²) < 4.78 is 0. The third kappa shape index (κ3) is 1.19. The van der Waals surface area contributed by atoms with Gasteiger partial charge in [0.2, 0.25) is 0 Å². The lowest BCUT2D eigenvalue weighted by molar-refractivity contribution is -0.0917. The molecule has 0 N–H and O–H groups in total. The lowest BCUT2D eigenvalue weighted by Gasteiger charge is -2.59. The normalized spacial score (nSPS) is 43.9. The van der Waals surface area contributed by atoms with Gasteiger partial charge in [-0.25, -0.2) is 0 Å². The van der Waals surface area contributed by atoms with Gasteiger partial charge in [0.25, 0.3) is 0 Å². The first-order chi connectivity index (χ1) is 6.84. The molecule has 0 aromatic heterocycles. The molecule has 0 aromatic rings. The molecule has 1 atom stereocenters. The Hall–Kier alpha value is 0. The van der Waals surface area contributed by atoms with Gasteiger partial charge in [0, 0.05) is 0 Å². The molecule has 0 aromatic carbocycles. The van der Waals surface area contributed by atoms with Crippen LogP contribution in [0.5, 0.6) is 0 Å². The third-order valence-electron chi connectivity index (χ3n) is 5.62. The molecule has 0 nitrogen and oxygen atoms in total. The molecule has 4 fully saturated rings. The zero-order chi connectivity index (χ0) is 9.60. The molecular weight excluding hydrogens is 168 g/mol. The maximum Gasteiger partial charge on any atom is -0.0261 e. The van der Waals surface area contributed by atoms with Crippen molar-refractivity contribution in [1.82, 2.24) is 0 Å². The smallest absolute Gasteiger partial charge is 0.0261 e. The van der Waals surface area contributed by atoms with Crippen LogP contribution in [0.15, 0.2) is 0 Å². The Kier molecular flexibility index (Phi) is 2.15. The summed E-state index contributed by atoms with van der Waals surface area (Å²) in [6, 6.07) is 0. The van der Waals surface area contributed by atoms with Crippen LogP contribution in [0.1, 0.15) is 64.7 Å². The predicted molar refractivity (Wildman–Crippen MR) is 60.1 cm³/mol. The second-order valence-corrected chi connectivity index (χ2v) is 6.23. The molecule has 4 aliphatic carbocycles. The Bertz CT molecular complexity index is 203. The molecule has 2 bridgehead atoms. The van der Waals surface area contributed by atoms with E-state index in [1.54, 1.807) is 44.9 Å². The van der Waals surface area contributed by atoms with Gasteiger partial charge in [-0.2, -0.15) is 0 Å². The van der Waals surface area contributed by atoms with Crippen molar-refractivity contribution in [3.8, 4) is 0 Å². The molecule has 0 spiro atoms. The predicted octanol–water partition coefficient (Wildman–Crippen LogP) is 4.39. The average molecular weight is 192 g/mol. The lowest BCUT2D eigenvalue weighted by Crippen LogP contribution is -2.49. The zero-order valence-corrected chi connectivity index (χ0v) is 9.60. The van der Waals surface area contributed by atoms with Crippen molar-refractivity contribution < 1.29 is 0 Å². The molecule has 4 aliphatic rings. The average Bonchev–Trinajstić information content (AvgIpc) is 2.10. The Morgan fingerprint density at radius 1 is 1.14 bits per heavy atom. The topological polar surface area (TPSA) is 0 Å². The van der Waals surface area contributed by atoms with Crippen LogP contribution in [0.4, 0.5) is 0 Å². The molecule has 4 saturated carbocycles. The summed E-state index contributed by atoms with van der Waals surface area (Å²) in [4.78, 5) is 0. The van der Waals surface area contributed by atoms with Crippen molar-refractivity contribution in [2.24, 2.45) is 23.2 Å². The van der Waals surface area contributed by atoms with Crippen molar-refractivity contribution >= 4 is 0 Å². The molecule has 0 aliphatic heterocycles. The van der Waals surface area contributed by atoms with Gasteiger partial charge >= 0.3 is 0 Å². The Labute approximate surface area is 88.5 Å². The first kappa shape index (κ1) is 9.24. The molecule has 0 radical (unpaired) electrons. The zero-order valence-electron chi connectivity index (χ0n) is 9.60. The Morgan fingerprint density at radius 2 is 1.93 bits per heavy atom. The SMILES string of the molecule is CC[C@@H](C1CCC1)C12CCCC(C1)C2. The summed E-state index contributed by atoms with van der Waals surface area (Å²) in [6.07, 6.45) is 14.0. The first-order valence-corrected chi connectivity index (χ1v) is 6.84. The minimum absolute atomic E-state index is 0.864. The van der Waals surface area contributed by atoms with E-state index in [9.17, 15) is 0 Å². The number of rotatable bonds is 3. The second kappa shape index (κ2) is 3.25. The van der Waals surface area contributed by atoms with E-state index in [4.69, 9.17) is 0 Å². The van der Waals surface area contributed by atoms with E-state index in [1.807, 2.05) is 0 Å². The van der Waals surface area contributed by atoms with Crippen molar-refractivity contribution in [3.63, 3.8) is 0 Å². The van der Waals surface area contributed by atoms with Gasteiger partial charge in [-0.3, -0.25) is 0 Å². The summed E-state index contributed by atoms with van der Waals surface area (Å²) in [6.45, 7) is 2.44. The van der Waals surface area contributed by atoms with E-state index in [2.05, 4.69) is 6.92 Å². The molecule has 80 valence electrons. The maximum absolute atomic E-state index is 2.44. The summed E-state index contributed by atoms with van der Waals surface area (Å²) in [5.74, 6) is 3.41. The molecular formula is C14H24. The fourth-order valence-electron chi connectivity index (χ4n) is 4.84. The van der Waals surface area contributed by atoms with E-state index >= 15 is 0 Å².